The lowest BCUT2D eigenvalue weighted by Gasteiger charge is -2.37. The van der Waals surface area contributed by atoms with Crippen LogP contribution in [0.2, 0.25) is 5.02 Å². The van der Waals surface area contributed by atoms with Gasteiger partial charge in [0.25, 0.3) is 5.91 Å². The second-order valence-corrected chi connectivity index (χ2v) is 14.3. The maximum atomic E-state index is 14.7. The van der Waals surface area contributed by atoms with Gasteiger partial charge in [0.15, 0.2) is 0 Å². The largest absolute Gasteiger partial charge is 0.455 e. The molecule has 0 saturated carbocycles. The number of hydrogen-bond donors (Lipinski definition) is 2. The molecule has 2 aromatic rings. The molecule has 1 unspecified atom stereocenters. The molecule has 0 radical (unpaired) electrons. The molecule has 50 heavy (non-hydrogen) atoms. The standard InChI is InChI=1S/C37H43BrClN3O8/c1-4-6-13-28(44)40-27(22-48-3)31(23-11-8-7-9-12-23)49-36(47)29-30-34(45)42(19-10-20-43)33(37(30)21-26(38)32(29)50-37)35(46)41(18-5-2)25-16-14-24(39)15-17-25/h4-5,7-9,11-12,14-17,26-27,29-33,43H,1-2,6,10,13,18-22H2,3H3,(H,40,44)/t26?,27-,29+,30-,31-,32+,33+,37-/m1/s1. The van der Waals surface area contributed by atoms with Gasteiger partial charge in [-0.15, -0.1) is 13.2 Å². The zero-order valence-electron chi connectivity index (χ0n) is 27.9. The average Bonchev–Trinajstić information content (AvgIpc) is 3.71. The van der Waals surface area contributed by atoms with E-state index >= 15 is 0 Å². The number of carbonyl (C=O) groups is 4. The number of benzene rings is 2. The van der Waals surface area contributed by atoms with Gasteiger partial charge in [0.2, 0.25) is 11.8 Å². The van der Waals surface area contributed by atoms with Crippen LogP contribution in [0.25, 0.3) is 0 Å². The van der Waals surface area contributed by atoms with Crippen molar-refractivity contribution in [1.29, 1.82) is 0 Å². The molecular weight excluding hydrogens is 730 g/mol. The van der Waals surface area contributed by atoms with Crippen LogP contribution in [0.15, 0.2) is 79.9 Å². The highest BCUT2D eigenvalue weighted by Gasteiger charge is 2.77. The molecule has 3 heterocycles. The van der Waals surface area contributed by atoms with Gasteiger partial charge >= 0.3 is 5.97 Å². The van der Waals surface area contributed by atoms with Crippen LogP contribution >= 0.6 is 27.5 Å². The number of rotatable bonds is 17. The predicted octanol–water partition coefficient (Wildman–Crippen LogP) is 4.37. The molecule has 0 aromatic heterocycles. The molecule has 3 saturated heterocycles. The van der Waals surface area contributed by atoms with Gasteiger partial charge in [-0.2, -0.15) is 0 Å². The van der Waals surface area contributed by atoms with Gasteiger partial charge in [0, 0.05) is 48.8 Å². The number of amides is 3. The number of ether oxygens (including phenoxy) is 3. The Bertz CT molecular complexity index is 1560. The highest BCUT2D eigenvalue weighted by molar-refractivity contribution is 9.09. The molecule has 2 N–H and O–H groups in total. The summed E-state index contributed by atoms with van der Waals surface area (Å²) in [4.78, 5) is 59.1. The molecule has 8 atom stereocenters. The molecule has 5 rings (SSSR count). The minimum atomic E-state index is -1.36. The lowest BCUT2D eigenvalue weighted by atomic mass is 9.70. The van der Waals surface area contributed by atoms with E-state index in [4.69, 9.17) is 25.8 Å². The van der Waals surface area contributed by atoms with Crippen molar-refractivity contribution >= 4 is 56.9 Å². The number of nitrogens with zero attached hydrogens (tertiary/aromatic N) is 2. The van der Waals surface area contributed by atoms with Crippen molar-refractivity contribution < 1.29 is 38.5 Å². The van der Waals surface area contributed by atoms with Gasteiger partial charge in [-0.25, -0.2) is 0 Å². The highest BCUT2D eigenvalue weighted by atomic mass is 79.9. The summed E-state index contributed by atoms with van der Waals surface area (Å²) < 4.78 is 18.4. The Morgan fingerprint density at radius 2 is 1.90 bits per heavy atom. The van der Waals surface area contributed by atoms with E-state index < -0.39 is 59.5 Å². The number of aliphatic hydroxyl groups is 1. The minimum Gasteiger partial charge on any atom is -0.455 e. The van der Waals surface area contributed by atoms with Gasteiger partial charge in [-0.1, -0.05) is 70.0 Å². The Morgan fingerprint density at radius 3 is 2.54 bits per heavy atom. The quantitative estimate of drug-likeness (QED) is 0.138. The number of fused-ring (bicyclic) bond motifs is 1. The summed E-state index contributed by atoms with van der Waals surface area (Å²) in [6.07, 6.45) is 2.68. The van der Waals surface area contributed by atoms with Crippen molar-refractivity contribution in [2.75, 3.05) is 38.3 Å². The number of likely N-dealkylation sites (tertiary alicyclic amines) is 1. The van der Waals surface area contributed by atoms with Crippen molar-refractivity contribution in [1.82, 2.24) is 10.2 Å². The first-order valence-corrected chi connectivity index (χ1v) is 18.0. The third-order valence-electron chi connectivity index (χ3n) is 9.57. The van der Waals surface area contributed by atoms with Crippen LogP contribution in [-0.2, 0) is 33.4 Å². The lowest BCUT2D eigenvalue weighted by molar-refractivity contribution is -0.163. The summed E-state index contributed by atoms with van der Waals surface area (Å²) in [5.41, 5.74) is -0.178. The number of carbonyl (C=O) groups excluding carboxylic acids is 4. The summed E-state index contributed by atoms with van der Waals surface area (Å²) in [5.74, 6) is -3.87. The van der Waals surface area contributed by atoms with Crippen LogP contribution in [0.5, 0.6) is 0 Å². The Kier molecular flexibility index (Phi) is 12.6. The number of nitrogens with one attached hydrogen (secondary N) is 1. The normalized spacial score (nSPS) is 26.2. The van der Waals surface area contributed by atoms with E-state index in [0.717, 1.165) is 0 Å². The number of allylic oxidation sites excluding steroid dienone is 1. The molecule has 3 fully saturated rings. The number of alkyl halides is 1. The van der Waals surface area contributed by atoms with E-state index in [2.05, 4.69) is 34.4 Å². The Balaban J connectivity index is 1.51. The molecule has 0 aliphatic carbocycles. The second-order valence-electron chi connectivity index (χ2n) is 12.7. The van der Waals surface area contributed by atoms with Crippen LogP contribution in [0.3, 0.4) is 0 Å². The minimum absolute atomic E-state index is 0.0416. The fourth-order valence-electron chi connectivity index (χ4n) is 7.51. The van der Waals surface area contributed by atoms with E-state index in [-0.39, 0.29) is 49.9 Å². The van der Waals surface area contributed by atoms with E-state index in [1.165, 1.54) is 16.9 Å². The van der Waals surface area contributed by atoms with Gasteiger partial charge in [0.1, 0.15) is 17.7 Å². The highest BCUT2D eigenvalue weighted by Crippen LogP contribution is 2.60. The van der Waals surface area contributed by atoms with Crippen molar-refractivity contribution in [3.63, 3.8) is 0 Å². The molecule has 3 amide bonds. The van der Waals surface area contributed by atoms with Crippen LogP contribution in [0.4, 0.5) is 5.69 Å². The van der Waals surface area contributed by atoms with E-state index in [9.17, 15) is 24.3 Å². The summed E-state index contributed by atoms with van der Waals surface area (Å²) in [6, 6.07) is 13.9. The molecule has 268 valence electrons. The van der Waals surface area contributed by atoms with Crippen molar-refractivity contribution in [2.45, 2.75) is 60.4 Å². The Morgan fingerprint density at radius 1 is 1.18 bits per heavy atom. The third-order valence-corrected chi connectivity index (χ3v) is 10.7. The molecule has 3 aliphatic heterocycles. The number of methoxy groups -OCH3 is 1. The summed E-state index contributed by atoms with van der Waals surface area (Å²) in [6.45, 7) is 7.57. The fraction of sp³-hybridized carbons (Fsp3) is 0.459. The van der Waals surface area contributed by atoms with E-state index in [1.807, 2.05) is 6.07 Å². The fourth-order valence-corrected chi connectivity index (χ4v) is 8.57. The maximum absolute atomic E-state index is 14.7. The van der Waals surface area contributed by atoms with Crippen molar-refractivity contribution in [3.05, 3.63) is 90.5 Å². The smallest absolute Gasteiger partial charge is 0.313 e. The van der Waals surface area contributed by atoms with Crippen LogP contribution in [-0.4, -0.2) is 95.7 Å². The molecule has 3 aliphatic rings. The molecule has 2 aromatic carbocycles. The van der Waals surface area contributed by atoms with Gasteiger partial charge in [0.05, 0.1) is 30.6 Å². The number of hydrogen-bond acceptors (Lipinski definition) is 8. The number of aliphatic hydroxyl groups excluding tert-OH is 1. The lowest BCUT2D eigenvalue weighted by Crippen LogP contribution is -2.57. The zero-order chi connectivity index (χ0) is 36.0. The molecule has 13 heteroatoms. The predicted molar refractivity (Wildman–Crippen MR) is 192 cm³/mol. The van der Waals surface area contributed by atoms with E-state index in [1.54, 1.807) is 60.7 Å². The van der Waals surface area contributed by atoms with Crippen molar-refractivity contribution in [3.8, 4) is 0 Å². The van der Waals surface area contributed by atoms with Gasteiger partial charge in [-0.05, 0) is 49.1 Å². The first-order chi connectivity index (χ1) is 24.1. The average molecular weight is 773 g/mol. The number of anilines is 1. The zero-order valence-corrected chi connectivity index (χ0v) is 30.3. The summed E-state index contributed by atoms with van der Waals surface area (Å²) in [7, 11) is 1.49. The summed E-state index contributed by atoms with van der Waals surface area (Å²) >= 11 is 9.84. The Labute approximate surface area is 305 Å². The molecule has 2 bridgehead atoms. The number of esters is 1. The maximum Gasteiger partial charge on any atom is 0.313 e. The first-order valence-electron chi connectivity index (χ1n) is 16.7. The van der Waals surface area contributed by atoms with Crippen LogP contribution < -0.4 is 10.2 Å². The van der Waals surface area contributed by atoms with Crippen LogP contribution in [0, 0.1) is 11.8 Å². The molecular formula is C37H43BrClN3O8. The SMILES string of the molecule is C=CCCC(=O)N[C@H](COC)[C@H](OC(=O)[C@@H]1[C@H]2O[C@@]3(CC2Br)[C@H](C(=O)N(CC=C)c2ccc(Cl)cc2)N(CCCO)C(=O)[C@@H]13)c1ccccc1. The topological polar surface area (TPSA) is 135 Å². The Hall–Kier alpha value is -3.55. The number of halogens is 2. The van der Waals surface area contributed by atoms with Gasteiger partial charge in [-0.3, -0.25) is 19.2 Å². The third kappa shape index (κ3) is 7.41. The second kappa shape index (κ2) is 16.6. The summed E-state index contributed by atoms with van der Waals surface area (Å²) in [5, 5.41) is 13.2. The molecule has 1 spiro atoms. The van der Waals surface area contributed by atoms with Gasteiger partial charge < -0.3 is 34.4 Å². The molecule has 11 nitrogen and oxygen atoms in total. The van der Waals surface area contributed by atoms with Crippen LogP contribution in [0.1, 0.15) is 37.4 Å². The van der Waals surface area contributed by atoms with E-state index in [0.29, 0.717) is 29.1 Å². The first kappa shape index (κ1) is 37.7. The monoisotopic (exact) mass is 771 g/mol. The van der Waals surface area contributed by atoms with Crippen molar-refractivity contribution in [2.24, 2.45) is 11.8 Å².